The number of carbonyl (C=O) groups is 1. The van der Waals surface area contributed by atoms with Crippen LogP contribution in [0.2, 0.25) is 0 Å². The lowest BCUT2D eigenvalue weighted by molar-refractivity contribution is -0.123. The van der Waals surface area contributed by atoms with Crippen LogP contribution >= 0.6 is 0 Å². The summed E-state index contributed by atoms with van der Waals surface area (Å²) in [6.45, 7) is 7.77. The largest absolute Gasteiger partial charge is 0.381 e. The maximum absolute atomic E-state index is 11.8. The second kappa shape index (κ2) is 5.08. The fourth-order valence-electron chi connectivity index (χ4n) is 2.07. The molecule has 0 bridgehead atoms. The average molecular weight is 213 g/mol. The molecule has 0 spiro atoms. The van der Waals surface area contributed by atoms with Gasteiger partial charge in [0.05, 0.1) is 6.61 Å². The molecule has 2 unspecified atom stereocenters. The number of hydrogen-bond donors (Lipinski definition) is 1. The van der Waals surface area contributed by atoms with Gasteiger partial charge in [0.15, 0.2) is 0 Å². The van der Waals surface area contributed by atoms with Crippen LogP contribution in [0.4, 0.5) is 0 Å². The summed E-state index contributed by atoms with van der Waals surface area (Å²) in [7, 11) is 0. The van der Waals surface area contributed by atoms with Crippen LogP contribution in [0.3, 0.4) is 0 Å². The third kappa shape index (κ3) is 4.76. The minimum Gasteiger partial charge on any atom is -0.381 e. The van der Waals surface area contributed by atoms with Crippen molar-refractivity contribution >= 4 is 5.78 Å². The molecule has 1 heterocycles. The van der Waals surface area contributed by atoms with Crippen molar-refractivity contribution < 1.29 is 9.53 Å². The highest BCUT2D eigenvalue weighted by Gasteiger charge is 2.26. The Morgan fingerprint density at radius 1 is 1.53 bits per heavy atom. The molecule has 0 aliphatic carbocycles. The SMILES string of the molecule is CC(C)(C)CC(N)CC(=O)C1CCOC1. The van der Waals surface area contributed by atoms with Crippen molar-refractivity contribution in [1.29, 1.82) is 0 Å². The number of ketones is 1. The number of rotatable bonds is 4. The van der Waals surface area contributed by atoms with Crippen LogP contribution < -0.4 is 5.73 Å². The lowest BCUT2D eigenvalue weighted by Crippen LogP contribution is -2.31. The van der Waals surface area contributed by atoms with Gasteiger partial charge in [0.1, 0.15) is 5.78 Å². The van der Waals surface area contributed by atoms with E-state index in [0.29, 0.717) is 13.0 Å². The van der Waals surface area contributed by atoms with E-state index in [2.05, 4.69) is 20.8 Å². The summed E-state index contributed by atoms with van der Waals surface area (Å²) in [6, 6.07) is -0.00176. The molecule has 1 aliphatic heterocycles. The summed E-state index contributed by atoms with van der Waals surface area (Å²) in [5.41, 5.74) is 6.17. The molecule has 0 radical (unpaired) electrons. The van der Waals surface area contributed by atoms with Crippen LogP contribution in [0.25, 0.3) is 0 Å². The van der Waals surface area contributed by atoms with Crippen LogP contribution in [0, 0.1) is 11.3 Å². The Balaban J connectivity index is 2.30. The van der Waals surface area contributed by atoms with Crippen molar-refractivity contribution in [2.45, 2.75) is 46.1 Å². The minimum atomic E-state index is -0.00176. The summed E-state index contributed by atoms with van der Waals surface area (Å²) in [5.74, 6) is 0.389. The van der Waals surface area contributed by atoms with Gasteiger partial charge in [-0.05, 0) is 18.3 Å². The molecule has 15 heavy (non-hydrogen) atoms. The molecular formula is C12H23NO2. The molecule has 0 aromatic carbocycles. The van der Waals surface area contributed by atoms with E-state index in [9.17, 15) is 4.79 Å². The van der Waals surface area contributed by atoms with E-state index in [0.717, 1.165) is 19.4 Å². The third-order valence-corrected chi connectivity index (χ3v) is 2.72. The fourth-order valence-corrected chi connectivity index (χ4v) is 2.07. The zero-order valence-electron chi connectivity index (χ0n) is 10.1. The average Bonchev–Trinajstić information content (AvgIpc) is 2.50. The smallest absolute Gasteiger partial charge is 0.139 e. The first-order chi connectivity index (χ1) is 6.88. The van der Waals surface area contributed by atoms with Gasteiger partial charge in [-0.2, -0.15) is 0 Å². The first-order valence-corrected chi connectivity index (χ1v) is 5.74. The summed E-state index contributed by atoms with van der Waals surface area (Å²) >= 11 is 0. The fraction of sp³-hybridized carbons (Fsp3) is 0.917. The van der Waals surface area contributed by atoms with Gasteiger partial charge in [-0.15, -0.1) is 0 Å². The summed E-state index contributed by atoms with van der Waals surface area (Å²) in [4.78, 5) is 11.8. The normalized spacial score (nSPS) is 24.1. The van der Waals surface area contributed by atoms with E-state index in [1.54, 1.807) is 0 Å². The van der Waals surface area contributed by atoms with Gasteiger partial charge in [-0.3, -0.25) is 4.79 Å². The molecule has 1 aliphatic rings. The highest BCUT2D eigenvalue weighted by Crippen LogP contribution is 2.23. The second-order valence-corrected chi connectivity index (χ2v) is 5.76. The van der Waals surface area contributed by atoms with Gasteiger partial charge in [0.25, 0.3) is 0 Å². The number of hydrogen-bond acceptors (Lipinski definition) is 3. The number of nitrogens with two attached hydrogens (primary N) is 1. The van der Waals surface area contributed by atoms with E-state index < -0.39 is 0 Å². The lowest BCUT2D eigenvalue weighted by Gasteiger charge is -2.23. The molecule has 0 amide bonds. The molecule has 1 saturated heterocycles. The molecule has 3 nitrogen and oxygen atoms in total. The molecular weight excluding hydrogens is 190 g/mol. The predicted molar refractivity (Wildman–Crippen MR) is 60.6 cm³/mol. The molecule has 0 aromatic rings. The third-order valence-electron chi connectivity index (χ3n) is 2.72. The summed E-state index contributed by atoms with van der Waals surface area (Å²) in [6.07, 6.45) is 2.28. The molecule has 0 aromatic heterocycles. The Morgan fingerprint density at radius 3 is 2.67 bits per heavy atom. The van der Waals surface area contributed by atoms with E-state index in [4.69, 9.17) is 10.5 Å². The Labute approximate surface area is 92.4 Å². The van der Waals surface area contributed by atoms with Crippen LogP contribution in [-0.4, -0.2) is 25.0 Å². The molecule has 3 heteroatoms. The highest BCUT2D eigenvalue weighted by atomic mass is 16.5. The molecule has 2 atom stereocenters. The van der Waals surface area contributed by atoms with Crippen molar-refractivity contribution in [3.8, 4) is 0 Å². The van der Waals surface area contributed by atoms with Crippen LogP contribution in [0.15, 0.2) is 0 Å². The highest BCUT2D eigenvalue weighted by molar-refractivity contribution is 5.81. The first kappa shape index (κ1) is 12.7. The van der Waals surface area contributed by atoms with Crippen LogP contribution in [-0.2, 0) is 9.53 Å². The van der Waals surface area contributed by atoms with Crippen molar-refractivity contribution in [2.75, 3.05) is 13.2 Å². The Bertz CT molecular complexity index is 214. The van der Waals surface area contributed by atoms with Crippen molar-refractivity contribution in [2.24, 2.45) is 17.1 Å². The van der Waals surface area contributed by atoms with Gasteiger partial charge >= 0.3 is 0 Å². The van der Waals surface area contributed by atoms with Crippen LogP contribution in [0.5, 0.6) is 0 Å². The van der Waals surface area contributed by atoms with E-state index in [1.165, 1.54) is 0 Å². The molecule has 0 saturated carbocycles. The predicted octanol–water partition coefficient (Wildman–Crippen LogP) is 1.75. The maximum atomic E-state index is 11.8. The topological polar surface area (TPSA) is 52.3 Å². The standard InChI is InChI=1S/C12H23NO2/c1-12(2,3)7-10(13)6-11(14)9-4-5-15-8-9/h9-10H,4-8,13H2,1-3H3. The summed E-state index contributed by atoms with van der Waals surface area (Å²) in [5, 5.41) is 0. The second-order valence-electron chi connectivity index (χ2n) is 5.76. The van der Waals surface area contributed by atoms with E-state index in [-0.39, 0.29) is 23.2 Å². The molecule has 1 rings (SSSR count). The first-order valence-electron chi connectivity index (χ1n) is 5.74. The van der Waals surface area contributed by atoms with Crippen LogP contribution in [0.1, 0.15) is 40.0 Å². The zero-order valence-corrected chi connectivity index (χ0v) is 10.1. The van der Waals surface area contributed by atoms with Crippen molar-refractivity contribution in [3.05, 3.63) is 0 Å². The monoisotopic (exact) mass is 213 g/mol. The quantitative estimate of drug-likeness (QED) is 0.774. The summed E-state index contributed by atoms with van der Waals surface area (Å²) < 4.78 is 5.20. The van der Waals surface area contributed by atoms with E-state index >= 15 is 0 Å². The van der Waals surface area contributed by atoms with Crippen molar-refractivity contribution in [1.82, 2.24) is 0 Å². The molecule has 2 N–H and O–H groups in total. The molecule has 88 valence electrons. The molecule has 1 fully saturated rings. The van der Waals surface area contributed by atoms with Gasteiger partial charge in [-0.1, -0.05) is 20.8 Å². The number of carbonyl (C=O) groups excluding carboxylic acids is 1. The van der Waals surface area contributed by atoms with Gasteiger partial charge in [0.2, 0.25) is 0 Å². The Morgan fingerprint density at radius 2 is 2.20 bits per heavy atom. The number of Topliss-reactive ketones (excluding diaryl/α,β-unsaturated/α-hetero) is 1. The lowest BCUT2D eigenvalue weighted by atomic mass is 9.85. The van der Waals surface area contributed by atoms with E-state index in [1.807, 2.05) is 0 Å². The van der Waals surface area contributed by atoms with Crippen molar-refractivity contribution in [3.63, 3.8) is 0 Å². The van der Waals surface area contributed by atoms with Gasteiger partial charge in [-0.25, -0.2) is 0 Å². The zero-order chi connectivity index (χ0) is 11.5. The minimum absolute atomic E-state index is 0.00176. The van der Waals surface area contributed by atoms with Gasteiger partial charge in [0, 0.05) is 25.0 Å². The Kier molecular flexibility index (Phi) is 4.29. The number of ether oxygens (including phenoxy) is 1. The van der Waals surface area contributed by atoms with Gasteiger partial charge < -0.3 is 10.5 Å². The maximum Gasteiger partial charge on any atom is 0.139 e. The Hall–Kier alpha value is -0.410.